The van der Waals surface area contributed by atoms with Crippen LogP contribution in [-0.2, 0) is 16.2 Å². The highest BCUT2D eigenvalue weighted by molar-refractivity contribution is 7.19. The van der Waals surface area contributed by atoms with Gasteiger partial charge in [0, 0.05) is 6.20 Å². The van der Waals surface area contributed by atoms with Crippen molar-refractivity contribution in [2.45, 2.75) is 59.3 Å². The number of hydrogen-bond donors (Lipinski definition) is 3. The van der Waals surface area contributed by atoms with Crippen molar-refractivity contribution in [3.63, 3.8) is 0 Å². The Kier molecular flexibility index (Phi) is 9.17. The quantitative estimate of drug-likeness (QED) is 0.348. The molecule has 0 aliphatic carbocycles. The Labute approximate surface area is 214 Å². The van der Waals surface area contributed by atoms with Gasteiger partial charge in [-0.2, -0.15) is 0 Å². The molecule has 0 aliphatic heterocycles. The topological polar surface area (TPSA) is 101 Å². The van der Waals surface area contributed by atoms with E-state index in [1.165, 1.54) is 17.4 Å². The Morgan fingerprint density at radius 2 is 1.81 bits per heavy atom. The molecule has 1 unspecified atom stereocenters. The van der Waals surface area contributed by atoms with E-state index < -0.39 is 35.2 Å². The number of nitrogens with one attached hydrogen (secondary N) is 2. The molecule has 0 aliphatic rings. The fourth-order valence-corrected chi connectivity index (χ4v) is 4.33. The predicted octanol–water partition coefficient (Wildman–Crippen LogP) is 5.16. The zero-order valence-corrected chi connectivity index (χ0v) is 21.7. The number of aliphatic hydroxyl groups excluding tert-OH is 1. The van der Waals surface area contributed by atoms with Crippen LogP contribution in [0.4, 0.5) is 9.52 Å². The summed E-state index contributed by atoms with van der Waals surface area (Å²) in [6.07, 6.45) is 1.50. The molecule has 0 spiro atoms. The highest BCUT2D eigenvalue weighted by Crippen LogP contribution is 2.32. The number of anilines is 1. The Balaban J connectivity index is 1.70. The number of carbonyl (C=O) groups excluding carboxylic acids is 2. The largest absolute Gasteiger partial charge is 0.486 e. The van der Waals surface area contributed by atoms with Gasteiger partial charge in [-0.15, -0.1) is 0 Å². The van der Waals surface area contributed by atoms with Crippen molar-refractivity contribution >= 4 is 28.3 Å². The number of ether oxygens (including phenoxy) is 1. The molecule has 7 nitrogen and oxygen atoms in total. The molecule has 0 fully saturated rings. The molecule has 36 heavy (non-hydrogen) atoms. The summed E-state index contributed by atoms with van der Waals surface area (Å²) in [5, 5.41) is 16.1. The van der Waals surface area contributed by atoms with Gasteiger partial charge in [-0.25, -0.2) is 9.37 Å². The van der Waals surface area contributed by atoms with E-state index in [0.717, 1.165) is 16.0 Å². The van der Waals surface area contributed by atoms with Gasteiger partial charge < -0.3 is 20.5 Å². The highest BCUT2D eigenvalue weighted by Gasteiger charge is 2.32. The van der Waals surface area contributed by atoms with E-state index in [1.807, 2.05) is 31.2 Å². The van der Waals surface area contributed by atoms with E-state index in [2.05, 4.69) is 15.6 Å². The normalized spacial score (nSPS) is 13.1. The van der Waals surface area contributed by atoms with E-state index in [0.29, 0.717) is 18.0 Å². The number of hydrogen-bond acceptors (Lipinski definition) is 6. The van der Waals surface area contributed by atoms with Crippen LogP contribution in [0.3, 0.4) is 0 Å². The van der Waals surface area contributed by atoms with Crippen LogP contribution in [0.5, 0.6) is 5.75 Å². The third-order valence-corrected chi connectivity index (χ3v) is 6.46. The molecule has 2 amide bonds. The average molecular weight is 514 g/mol. The third kappa shape index (κ3) is 7.11. The van der Waals surface area contributed by atoms with Crippen molar-refractivity contribution in [1.82, 2.24) is 10.3 Å². The van der Waals surface area contributed by atoms with Crippen LogP contribution in [0, 0.1) is 11.2 Å². The third-order valence-electron chi connectivity index (χ3n) is 5.52. The first-order valence-corrected chi connectivity index (χ1v) is 12.6. The van der Waals surface area contributed by atoms with Crippen LogP contribution in [-0.4, -0.2) is 34.1 Å². The van der Waals surface area contributed by atoms with Gasteiger partial charge in [-0.1, -0.05) is 81.9 Å². The van der Waals surface area contributed by atoms with E-state index in [4.69, 9.17) is 4.74 Å². The SMILES string of the molecule is CCCC(NC(=O)[C@@H](O)C(C)(C)C)C(=O)Nc1ncc(-c2ccccc2COc2ccccc2F)s1. The van der Waals surface area contributed by atoms with E-state index in [1.54, 1.807) is 45.2 Å². The van der Waals surface area contributed by atoms with Crippen molar-refractivity contribution in [3.8, 4) is 16.2 Å². The Morgan fingerprint density at radius 1 is 1.11 bits per heavy atom. The summed E-state index contributed by atoms with van der Waals surface area (Å²) in [6.45, 7) is 7.33. The van der Waals surface area contributed by atoms with Gasteiger partial charge in [0.25, 0.3) is 0 Å². The first kappa shape index (κ1) is 27.3. The molecule has 1 aromatic heterocycles. The number of carbonyl (C=O) groups is 2. The molecule has 0 radical (unpaired) electrons. The molecule has 2 atom stereocenters. The number of thiazole rings is 1. The van der Waals surface area contributed by atoms with Gasteiger partial charge in [0.05, 0.1) is 4.88 Å². The Morgan fingerprint density at radius 3 is 2.50 bits per heavy atom. The molecule has 0 saturated carbocycles. The molecular formula is C27H32FN3O4S. The standard InChI is InChI=1S/C27H32FN3O4S/c1-5-10-20(30-25(34)23(32)27(2,3)4)24(33)31-26-29-15-22(36-26)18-12-7-6-11-17(18)16-35-21-14-9-8-13-19(21)28/h6-9,11-15,20,23,32H,5,10,16H2,1-4H3,(H,30,34)(H,29,31,33)/t20?,23-/m1/s1. The highest BCUT2D eigenvalue weighted by atomic mass is 32.1. The molecule has 3 aromatic rings. The predicted molar refractivity (Wildman–Crippen MR) is 139 cm³/mol. The van der Waals surface area contributed by atoms with Crippen molar-refractivity contribution in [2.75, 3.05) is 5.32 Å². The molecule has 1 heterocycles. The molecule has 192 valence electrons. The summed E-state index contributed by atoms with van der Waals surface area (Å²) >= 11 is 1.28. The van der Waals surface area contributed by atoms with Gasteiger partial charge in [0.15, 0.2) is 16.7 Å². The van der Waals surface area contributed by atoms with Gasteiger partial charge in [0.1, 0.15) is 18.8 Å². The van der Waals surface area contributed by atoms with Crippen molar-refractivity contribution < 1.29 is 23.8 Å². The number of para-hydroxylation sites is 1. The van der Waals surface area contributed by atoms with Crippen molar-refractivity contribution in [2.24, 2.45) is 5.41 Å². The number of rotatable bonds is 10. The Hall–Kier alpha value is -3.30. The minimum Gasteiger partial charge on any atom is -0.486 e. The molecule has 3 rings (SSSR count). The van der Waals surface area contributed by atoms with Crippen molar-refractivity contribution in [3.05, 3.63) is 66.1 Å². The second kappa shape index (κ2) is 12.1. The number of benzene rings is 2. The van der Waals surface area contributed by atoms with Crippen LogP contribution in [0.15, 0.2) is 54.7 Å². The van der Waals surface area contributed by atoms with E-state index in [-0.39, 0.29) is 12.4 Å². The first-order valence-electron chi connectivity index (χ1n) is 11.8. The fourth-order valence-electron chi connectivity index (χ4n) is 3.45. The number of aromatic nitrogens is 1. The number of aliphatic hydroxyl groups is 1. The zero-order valence-electron chi connectivity index (χ0n) is 20.9. The lowest BCUT2D eigenvalue weighted by Crippen LogP contribution is -2.50. The second-order valence-corrected chi connectivity index (χ2v) is 10.5. The number of nitrogens with zero attached hydrogens (tertiary/aromatic N) is 1. The zero-order chi connectivity index (χ0) is 26.3. The maximum absolute atomic E-state index is 13.9. The lowest BCUT2D eigenvalue weighted by atomic mass is 9.88. The minimum atomic E-state index is -1.24. The lowest BCUT2D eigenvalue weighted by molar-refractivity contribution is -0.137. The number of amides is 2. The summed E-state index contributed by atoms with van der Waals surface area (Å²) in [5.41, 5.74) is 1.05. The molecule has 2 aromatic carbocycles. The van der Waals surface area contributed by atoms with Crippen LogP contribution in [0.1, 0.15) is 46.1 Å². The molecule has 0 saturated heterocycles. The molecule has 9 heteroatoms. The minimum absolute atomic E-state index is 0.164. The monoisotopic (exact) mass is 513 g/mol. The van der Waals surface area contributed by atoms with Crippen LogP contribution < -0.4 is 15.4 Å². The van der Waals surface area contributed by atoms with Crippen molar-refractivity contribution in [1.29, 1.82) is 0 Å². The second-order valence-electron chi connectivity index (χ2n) is 9.51. The maximum atomic E-state index is 13.9. The van der Waals surface area contributed by atoms with Crippen LogP contribution in [0.2, 0.25) is 0 Å². The van der Waals surface area contributed by atoms with Gasteiger partial charge in [-0.05, 0) is 35.1 Å². The smallest absolute Gasteiger partial charge is 0.250 e. The lowest BCUT2D eigenvalue weighted by Gasteiger charge is -2.26. The molecule has 0 bridgehead atoms. The number of halogens is 1. The summed E-state index contributed by atoms with van der Waals surface area (Å²) < 4.78 is 19.6. The maximum Gasteiger partial charge on any atom is 0.250 e. The summed E-state index contributed by atoms with van der Waals surface area (Å²) in [4.78, 5) is 30.5. The van der Waals surface area contributed by atoms with E-state index >= 15 is 0 Å². The fraction of sp³-hybridized carbons (Fsp3) is 0.370. The summed E-state index contributed by atoms with van der Waals surface area (Å²) in [5.74, 6) is -1.24. The van der Waals surface area contributed by atoms with Crippen LogP contribution >= 0.6 is 11.3 Å². The average Bonchev–Trinajstić information content (AvgIpc) is 3.30. The molecule has 3 N–H and O–H groups in total. The van der Waals surface area contributed by atoms with Gasteiger partial charge in [-0.3, -0.25) is 9.59 Å². The van der Waals surface area contributed by atoms with Gasteiger partial charge >= 0.3 is 0 Å². The van der Waals surface area contributed by atoms with Crippen LogP contribution in [0.25, 0.3) is 10.4 Å². The molecular weight excluding hydrogens is 481 g/mol. The van der Waals surface area contributed by atoms with Gasteiger partial charge in [0.2, 0.25) is 11.8 Å². The summed E-state index contributed by atoms with van der Waals surface area (Å²) in [6, 6.07) is 13.0. The summed E-state index contributed by atoms with van der Waals surface area (Å²) in [7, 11) is 0. The first-order chi connectivity index (χ1) is 17.1. The Bertz CT molecular complexity index is 1190. The van der Waals surface area contributed by atoms with E-state index in [9.17, 15) is 19.1 Å².